The van der Waals surface area contributed by atoms with Crippen molar-refractivity contribution in [1.82, 2.24) is 5.01 Å². The molecule has 0 unspecified atom stereocenters. The van der Waals surface area contributed by atoms with Crippen LogP contribution < -0.4 is 14.2 Å². The zero-order valence-corrected chi connectivity index (χ0v) is 19.8. The molecule has 0 N–H and O–H groups in total. The highest BCUT2D eigenvalue weighted by Gasteiger charge is 2.59. The fourth-order valence-corrected chi connectivity index (χ4v) is 5.24. The minimum Gasteiger partial charge on any atom is -0.493 e. The number of hydrogen-bond donors (Lipinski definition) is 0. The normalized spacial score (nSPS) is 25.2. The minimum absolute atomic E-state index is 0.152. The maximum absolute atomic E-state index is 12.8. The first-order chi connectivity index (χ1) is 16.0. The van der Waals surface area contributed by atoms with Crippen molar-refractivity contribution in [1.29, 1.82) is 0 Å². The molecule has 1 saturated carbocycles. The molecule has 1 heterocycles. The second-order valence-corrected chi connectivity index (χ2v) is 9.32. The number of amides is 2. The van der Waals surface area contributed by atoms with Gasteiger partial charge >= 0.3 is 0 Å². The number of rotatable bonds is 7. The van der Waals surface area contributed by atoms with E-state index >= 15 is 0 Å². The predicted molar refractivity (Wildman–Crippen MR) is 125 cm³/mol. The molecule has 4 atom stereocenters. The molecule has 170 valence electrons. The molecule has 0 radical (unpaired) electrons. The molecule has 3 aliphatic rings. The standard InChI is InChI=1S/C25H23BrN2O5/c1-31-19-9-15(10-20(32-2)23(19)33-13-14-3-7-18(26)8-4-14)12-27-28-24(29)21-16-5-6-17(11-16)22(21)25(28)30/h3-10,12,16-17,21-22H,11,13H2,1-2H3/t16-,17-,21-,22+/m0/s1. The summed E-state index contributed by atoms with van der Waals surface area (Å²) < 4.78 is 18.0. The monoisotopic (exact) mass is 510 g/mol. The molecule has 2 aliphatic carbocycles. The van der Waals surface area contributed by atoms with Crippen LogP contribution in [0.25, 0.3) is 0 Å². The zero-order chi connectivity index (χ0) is 23.1. The van der Waals surface area contributed by atoms with Crippen molar-refractivity contribution in [3.05, 3.63) is 64.1 Å². The number of ether oxygens (including phenoxy) is 3. The van der Waals surface area contributed by atoms with Crippen molar-refractivity contribution in [3.63, 3.8) is 0 Å². The summed E-state index contributed by atoms with van der Waals surface area (Å²) in [5.41, 5.74) is 1.62. The van der Waals surface area contributed by atoms with Gasteiger partial charge in [-0.2, -0.15) is 10.1 Å². The lowest BCUT2D eigenvalue weighted by molar-refractivity contribution is -0.140. The lowest BCUT2D eigenvalue weighted by atomic mass is 9.85. The Morgan fingerprint density at radius 3 is 2.12 bits per heavy atom. The minimum atomic E-state index is -0.275. The summed E-state index contributed by atoms with van der Waals surface area (Å²) in [6.07, 6.45) is 6.50. The number of benzene rings is 2. The summed E-state index contributed by atoms with van der Waals surface area (Å²) in [6.45, 7) is 0.337. The molecule has 2 fully saturated rings. The van der Waals surface area contributed by atoms with Crippen LogP contribution >= 0.6 is 15.9 Å². The molecule has 2 aromatic rings. The summed E-state index contributed by atoms with van der Waals surface area (Å²) >= 11 is 3.42. The Bertz CT molecular complexity index is 1100. The summed E-state index contributed by atoms with van der Waals surface area (Å²) in [4.78, 5) is 25.7. The quantitative estimate of drug-likeness (QED) is 0.317. The topological polar surface area (TPSA) is 77.4 Å². The molecule has 2 amide bonds. The van der Waals surface area contributed by atoms with Gasteiger partial charge in [-0.3, -0.25) is 9.59 Å². The first-order valence-electron chi connectivity index (χ1n) is 10.7. The Kier molecular flexibility index (Phi) is 5.70. The fourth-order valence-electron chi connectivity index (χ4n) is 4.98. The molecule has 1 aliphatic heterocycles. The second kappa shape index (κ2) is 8.67. The third-order valence-corrected chi connectivity index (χ3v) is 7.08. The SMILES string of the molecule is COc1cc(C=NN2C(=O)[C@@H]3[C@H](C2=O)[C@H]2C=C[C@H]3C2)cc(OC)c1OCc1ccc(Br)cc1. The molecule has 0 aromatic heterocycles. The van der Waals surface area contributed by atoms with E-state index in [-0.39, 0.29) is 35.5 Å². The summed E-state index contributed by atoms with van der Waals surface area (Å²) in [5.74, 6) is 0.713. The van der Waals surface area contributed by atoms with Crippen LogP contribution in [0.5, 0.6) is 17.2 Å². The van der Waals surface area contributed by atoms with Crippen molar-refractivity contribution < 1.29 is 23.8 Å². The van der Waals surface area contributed by atoms with Crippen molar-refractivity contribution in [2.75, 3.05) is 14.2 Å². The van der Waals surface area contributed by atoms with Crippen LogP contribution in [-0.4, -0.2) is 37.3 Å². The molecule has 0 spiro atoms. The van der Waals surface area contributed by atoms with Gasteiger partial charge in [-0.05, 0) is 48.1 Å². The van der Waals surface area contributed by atoms with E-state index in [4.69, 9.17) is 14.2 Å². The van der Waals surface area contributed by atoms with Gasteiger partial charge in [-0.1, -0.05) is 40.2 Å². The fraction of sp³-hybridized carbons (Fsp3) is 0.320. The number of carbonyl (C=O) groups is 2. The summed E-state index contributed by atoms with van der Waals surface area (Å²) in [6, 6.07) is 11.3. The highest BCUT2D eigenvalue weighted by molar-refractivity contribution is 9.10. The van der Waals surface area contributed by atoms with Crippen LogP contribution in [0.1, 0.15) is 17.5 Å². The van der Waals surface area contributed by atoms with Crippen LogP contribution in [0.4, 0.5) is 0 Å². The molecule has 2 aromatic carbocycles. The van der Waals surface area contributed by atoms with Crippen LogP contribution in [0.2, 0.25) is 0 Å². The van der Waals surface area contributed by atoms with Crippen LogP contribution in [0, 0.1) is 23.7 Å². The molecule has 5 rings (SSSR count). The zero-order valence-electron chi connectivity index (χ0n) is 18.2. The molecule has 8 heteroatoms. The second-order valence-electron chi connectivity index (χ2n) is 8.40. The van der Waals surface area contributed by atoms with Crippen LogP contribution in [0.15, 0.2) is 58.1 Å². The average Bonchev–Trinajstić information content (AvgIpc) is 3.51. The summed E-state index contributed by atoms with van der Waals surface area (Å²) in [5, 5.41) is 5.27. The lowest BCUT2D eigenvalue weighted by Crippen LogP contribution is -2.28. The first kappa shape index (κ1) is 21.7. The van der Waals surface area contributed by atoms with Gasteiger partial charge in [-0.15, -0.1) is 0 Å². The Morgan fingerprint density at radius 1 is 1.00 bits per heavy atom. The number of hydrogen-bond acceptors (Lipinski definition) is 6. The van der Waals surface area contributed by atoms with Gasteiger partial charge in [0.15, 0.2) is 11.5 Å². The number of carbonyl (C=O) groups excluding carboxylic acids is 2. The Labute approximate surface area is 200 Å². The Morgan fingerprint density at radius 2 is 1.58 bits per heavy atom. The van der Waals surface area contributed by atoms with Gasteiger partial charge in [0.1, 0.15) is 6.61 Å². The average molecular weight is 511 g/mol. The number of methoxy groups -OCH3 is 2. The number of allylic oxidation sites excluding steroid dienone is 2. The van der Waals surface area contributed by atoms with E-state index < -0.39 is 0 Å². The molecule has 2 bridgehead atoms. The van der Waals surface area contributed by atoms with Crippen molar-refractivity contribution in [2.45, 2.75) is 13.0 Å². The number of imide groups is 1. The van der Waals surface area contributed by atoms with E-state index in [0.717, 1.165) is 21.5 Å². The predicted octanol–water partition coefficient (Wildman–Crippen LogP) is 4.19. The van der Waals surface area contributed by atoms with E-state index in [1.807, 2.05) is 24.3 Å². The smallest absolute Gasteiger partial charge is 0.254 e. The molecule has 33 heavy (non-hydrogen) atoms. The maximum Gasteiger partial charge on any atom is 0.254 e. The van der Waals surface area contributed by atoms with Crippen molar-refractivity contribution >= 4 is 34.0 Å². The van der Waals surface area contributed by atoms with Crippen molar-refractivity contribution in [2.24, 2.45) is 28.8 Å². The van der Waals surface area contributed by atoms with Gasteiger partial charge in [0.25, 0.3) is 11.8 Å². The van der Waals surface area contributed by atoms with E-state index in [9.17, 15) is 9.59 Å². The van der Waals surface area contributed by atoms with Gasteiger partial charge in [0.05, 0.1) is 32.3 Å². The third kappa shape index (κ3) is 3.82. The van der Waals surface area contributed by atoms with E-state index in [0.29, 0.717) is 29.4 Å². The van der Waals surface area contributed by atoms with E-state index in [1.54, 1.807) is 26.4 Å². The highest BCUT2D eigenvalue weighted by atomic mass is 79.9. The third-order valence-electron chi connectivity index (χ3n) is 6.55. The summed E-state index contributed by atoms with van der Waals surface area (Å²) in [7, 11) is 3.08. The van der Waals surface area contributed by atoms with Gasteiger partial charge < -0.3 is 14.2 Å². The molecular weight excluding hydrogens is 488 g/mol. The maximum atomic E-state index is 12.8. The van der Waals surface area contributed by atoms with Crippen LogP contribution in [0.3, 0.4) is 0 Å². The van der Waals surface area contributed by atoms with Gasteiger partial charge in [0.2, 0.25) is 5.75 Å². The van der Waals surface area contributed by atoms with Crippen LogP contribution in [-0.2, 0) is 16.2 Å². The Balaban J connectivity index is 1.36. The largest absolute Gasteiger partial charge is 0.493 e. The molecule has 7 nitrogen and oxygen atoms in total. The van der Waals surface area contributed by atoms with Gasteiger partial charge in [-0.25, -0.2) is 0 Å². The molecule has 1 saturated heterocycles. The number of halogens is 1. The molecular formula is C25H23BrN2O5. The van der Waals surface area contributed by atoms with Gasteiger partial charge in [0, 0.05) is 10.0 Å². The lowest BCUT2D eigenvalue weighted by Gasteiger charge is -2.16. The number of fused-ring (bicyclic) bond motifs is 5. The van der Waals surface area contributed by atoms with Crippen molar-refractivity contribution in [3.8, 4) is 17.2 Å². The Hall–Kier alpha value is -3.13. The number of nitrogens with zero attached hydrogens (tertiary/aromatic N) is 2. The first-order valence-corrected chi connectivity index (χ1v) is 11.5. The highest BCUT2D eigenvalue weighted by Crippen LogP contribution is 2.52. The van der Waals surface area contributed by atoms with E-state index in [1.165, 1.54) is 6.21 Å². The van der Waals surface area contributed by atoms with E-state index in [2.05, 4.69) is 33.2 Å². The number of hydrazone groups is 1.